The number of carbonyl (C=O) groups excluding carboxylic acids is 1. The van der Waals surface area contributed by atoms with E-state index in [2.05, 4.69) is 5.32 Å². The Hall–Kier alpha value is -1.30. The molecule has 6 nitrogen and oxygen atoms in total. The van der Waals surface area contributed by atoms with E-state index in [0.29, 0.717) is 12.5 Å². The molecular formula is C14H24N2O4. The van der Waals surface area contributed by atoms with Crippen molar-refractivity contribution in [3.8, 4) is 0 Å². The van der Waals surface area contributed by atoms with E-state index in [-0.39, 0.29) is 30.8 Å². The SMILES string of the molecule is CCC(C)N(CC(=O)O)C(=O)NC1CCOC1C1CC1. The largest absolute Gasteiger partial charge is 0.480 e. The summed E-state index contributed by atoms with van der Waals surface area (Å²) in [7, 11) is 0. The van der Waals surface area contributed by atoms with Crippen molar-refractivity contribution in [2.24, 2.45) is 5.92 Å². The first-order valence-corrected chi connectivity index (χ1v) is 7.43. The molecule has 1 saturated carbocycles. The minimum absolute atomic E-state index is 0.0235. The standard InChI is InChI=1S/C14H24N2O4/c1-3-9(2)16(8-12(17)18)14(19)15-11-6-7-20-13(11)10-4-5-10/h9-11,13H,3-8H2,1-2H3,(H,15,19)(H,17,18). The van der Waals surface area contributed by atoms with Gasteiger partial charge in [-0.2, -0.15) is 0 Å². The van der Waals surface area contributed by atoms with Gasteiger partial charge in [-0.05, 0) is 38.5 Å². The number of carboxylic acid groups (broad SMARTS) is 1. The molecule has 20 heavy (non-hydrogen) atoms. The van der Waals surface area contributed by atoms with Gasteiger partial charge in [-0.3, -0.25) is 4.79 Å². The molecule has 1 aliphatic carbocycles. The molecule has 0 aromatic heterocycles. The quantitative estimate of drug-likeness (QED) is 0.773. The number of ether oxygens (including phenoxy) is 1. The van der Waals surface area contributed by atoms with Gasteiger partial charge in [-0.25, -0.2) is 4.79 Å². The maximum atomic E-state index is 12.3. The van der Waals surface area contributed by atoms with Crippen LogP contribution in [0.4, 0.5) is 4.79 Å². The fourth-order valence-corrected chi connectivity index (χ4v) is 2.69. The van der Waals surface area contributed by atoms with Crippen LogP contribution in [0.3, 0.4) is 0 Å². The van der Waals surface area contributed by atoms with Crippen LogP contribution in [0.1, 0.15) is 39.5 Å². The van der Waals surface area contributed by atoms with Crippen molar-refractivity contribution in [2.75, 3.05) is 13.2 Å². The zero-order valence-electron chi connectivity index (χ0n) is 12.2. The van der Waals surface area contributed by atoms with E-state index in [4.69, 9.17) is 9.84 Å². The van der Waals surface area contributed by atoms with Crippen LogP contribution >= 0.6 is 0 Å². The molecule has 1 saturated heterocycles. The Balaban J connectivity index is 1.94. The number of hydrogen-bond acceptors (Lipinski definition) is 3. The average Bonchev–Trinajstić information content (AvgIpc) is 3.15. The average molecular weight is 284 g/mol. The van der Waals surface area contributed by atoms with Gasteiger partial charge in [0.15, 0.2) is 0 Å². The Morgan fingerprint density at radius 3 is 2.65 bits per heavy atom. The van der Waals surface area contributed by atoms with E-state index in [9.17, 15) is 9.59 Å². The molecule has 0 radical (unpaired) electrons. The normalized spacial score (nSPS) is 27.1. The molecule has 3 unspecified atom stereocenters. The number of aliphatic carboxylic acids is 1. The molecule has 0 bridgehead atoms. The summed E-state index contributed by atoms with van der Waals surface area (Å²) in [6, 6.07) is -0.356. The highest BCUT2D eigenvalue weighted by Crippen LogP contribution is 2.38. The van der Waals surface area contributed by atoms with Gasteiger partial charge in [0.25, 0.3) is 0 Å². The van der Waals surface area contributed by atoms with Gasteiger partial charge in [0.05, 0.1) is 12.1 Å². The number of hydrogen-bond donors (Lipinski definition) is 2. The van der Waals surface area contributed by atoms with Gasteiger partial charge < -0.3 is 20.1 Å². The number of rotatable bonds is 6. The fraction of sp³-hybridized carbons (Fsp3) is 0.857. The van der Waals surface area contributed by atoms with Crippen LogP contribution in [0.25, 0.3) is 0 Å². The number of nitrogens with one attached hydrogen (secondary N) is 1. The summed E-state index contributed by atoms with van der Waals surface area (Å²) in [4.78, 5) is 24.6. The van der Waals surface area contributed by atoms with Crippen molar-refractivity contribution in [2.45, 2.75) is 57.7 Å². The van der Waals surface area contributed by atoms with E-state index < -0.39 is 5.97 Å². The zero-order valence-corrected chi connectivity index (χ0v) is 12.2. The summed E-state index contributed by atoms with van der Waals surface area (Å²) in [6.45, 7) is 4.22. The Morgan fingerprint density at radius 1 is 1.40 bits per heavy atom. The van der Waals surface area contributed by atoms with E-state index in [1.807, 2.05) is 13.8 Å². The molecule has 2 aliphatic rings. The van der Waals surface area contributed by atoms with Crippen LogP contribution < -0.4 is 5.32 Å². The van der Waals surface area contributed by atoms with Gasteiger partial charge in [0, 0.05) is 12.6 Å². The Morgan fingerprint density at radius 2 is 2.10 bits per heavy atom. The van der Waals surface area contributed by atoms with Crippen LogP contribution in [0.5, 0.6) is 0 Å². The van der Waals surface area contributed by atoms with Crippen molar-refractivity contribution in [1.82, 2.24) is 10.2 Å². The van der Waals surface area contributed by atoms with Gasteiger partial charge in [0.1, 0.15) is 6.54 Å². The summed E-state index contributed by atoms with van der Waals surface area (Å²) < 4.78 is 5.69. The zero-order chi connectivity index (χ0) is 14.7. The van der Waals surface area contributed by atoms with Crippen molar-refractivity contribution in [1.29, 1.82) is 0 Å². The molecule has 1 aliphatic heterocycles. The number of nitrogens with zero attached hydrogens (tertiary/aromatic N) is 1. The first-order chi connectivity index (χ1) is 9.52. The van der Waals surface area contributed by atoms with E-state index in [1.54, 1.807) is 0 Å². The molecule has 2 fully saturated rings. The molecule has 0 spiro atoms. The molecule has 2 N–H and O–H groups in total. The molecule has 0 aromatic rings. The Kier molecular flexibility index (Phi) is 4.86. The van der Waals surface area contributed by atoms with Crippen molar-refractivity contribution in [3.05, 3.63) is 0 Å². The van der Waals surface area contributed by atoms with Crippen LogP contribution in [0.15, 0.2) is 0 Å². The van der Waals surface area contributed by atoms with Crippen molar-refractivity contribution in [3.63, 3.8) is 0 Å². The third-order valence-electron chi connectivity index (χ3n) is 4.22. The lowest BCUT2D eigenvalue weighted by Crippen LogP contribution is -2.52. The predicted molar refractivity (Wildman–Crippen MR) is 73.5 cm³/mol. The van der Waals surface area contributed by atoms with Crippen LogP contribution in [0, 0.1) is 5.92 Å². The minimum atomic E-state index is -0.984. The molecule has 1 heterocycles. The second-order valence-corrected chi connectivity index (χ2v) is 5.80. The van der Waals surface area contributed by atoms with Gasteiger partial charge in [0.2, 0.25) is 0 Å². The second kappa shape index (κ2) is 6.43. The second-order valence-electron chi connectivity index (χ2n) is 5.80. The monoisotopic (exact) mass is 284 g/mol. The first-order valence-electron chi connectivity index (χ1n) is 7.43. The fourth-order valence-electron chi connectivity index (χ4n) is 2.69. The number of carboxylic acids is 1. The molecule has 3 atom stereocenters. The third-order valence-corrected chi connectivity index (χ3v) is 4.22. The van der Waals surface area contributed by atoms with Crippen LogP contribution in [-0.4, -0.2) is 53.3 Å². The van der Waals surface area contributed by atoms with Gasteiger partial charge >= 0.3 is 12.0 Å². The molecular weight excluding hydrogens is 260 g/mol. The van der Waals surface area contributed by atoms with Crippen LogP contribution in [-0.2, 0) is 9.53 Å². The Bertz CT molecular complexity index is 370. The Labute approximate surface area is 119 Å². The summed E-state index contributed by atoms with van der Waals surface area (Å²) in [6.07, 6.45) is 3.99. The molecule has 2 rings (SSSR count). The smallest absolute Gasteiger partial charge is 0.323 e. The van der Waals surface area contributed by atoms with Gasteiger partial charge in [-0.1, -0.05) is 6.92 Å². The molecule has 2 amide bonds. The highest BCUT2D eigenvalue weighted by molar-refractivity contribution is 5.80. The van der Waals surface area contributed by atoms with E-state index >= 15 is 0 Å². The number of carbonyl (C=O) groups is 2. The van der Waals surface area contributed by atoms with Crippen molar-refractivity contribution >= 4 is 12.0 Å². The first kappa shape index (κ1) is 15.1. The molecule has 114 valence electrons. The predicted octanol–water partition coefficient (Wildman–Crippen LogP) is 1.45. The summed E-state index contributed by atoms with van der Waals surface area (Å²) in [5, 5.41) is 11.9. The highest BCUT2D eigenvalue weighted by atomic mass is 16.5. The third kappa shape index (κ3) is 3.62. The number of urea groups is 1. The maximum Gasteiger partial charge on any atom is 0.323 e. The topological polar surface area (TPSA) is 78.9 Å². The molecule has 6 heteroatoms. The van der Waals surface area contributed by atoms with Crippen LogP contribution in [0.2, 0.25) is 0 Å². The molecule has 0 aromatic carbocycles. The van der Waals surface area contributed by atoms with Gasteiger partial charge in [-0.15, -0.1) is 0 Å². The van der Waals surface area contributed by atoms with E-state index in [1.165, 1.54) is 17.7 Å². The summed E-state index contributed by atoms with van der Waals surface area (Å²) >= 11 is 0. The summed E-state index contributed by atoms with van der Waals surface area (Å²) in [5.41, 5.74) is 0. The minimum Gasteiger partial charge on any atom is -0.480 e. The number of amides is 2. The lowest BCUT2D eigenvalue weighted by Gasteiger charge is -2.29. The maximum absolute atomic E-state index is 12.3. The lowest BCUT2D eigenvalue weighted by molar-refractivity contribution is -0.138. The summed E-state index contributed by atoms with van der Waals surface area (Å²) in [5.74, 6) is -0.416. The van der Waals surface area contributed by atoms with Crippen molar-refractivity contribution < 1.29 is 19.4 Å². The highest BCUT2D eigenvalue weighted by Gasteiger charge is 2.41. The lowest BCUT2D eigenvalue weighted by atomic mass is 10.1. The van der Waals surface area contributed by atoms with E-state index in [0.717, 1.165) is 12.8 Å².